The first-order valence-electron chi connectivity index (χ1n) is 1.34. The molecule has 0 radical (unpaired) electrons. The first-order valence-corrected chi connectivity index (χ1v) is 6.97. The Morgan fingerprint density at radius 2 is 1.00 bits per heavy atom. The zero-order chi connectivity index (χ0) is 3.58. The van der Waals surface area contributed by atoms with E-state index >= 15 is 0 Å². The molecule has 0 aromatic rings. The van der Waals surface area contributed by atoms with Crippen LogP contribution in [0.1, 0.15) is 0 Å². The summed E-state index contributed by atoms with van der Waals surface area (Å²) in [5.74, 6) is 0. The standard InChI is InChI=1S/C3H9As.H2S/c1-4(2)3;/h1-3H3;1H2. The van der Waals surface area contributed by atoms with Gasteiger partial charge in [-0.3, -0.25) is 0 Å². The second-order valence-corrected chi connectivity index (χ2v) is 6.97. The average molecular weight is 154 g/mol. The summed E-state index contributed by atoms with van der Waals surface area (Å²) < 4.78 is 0. The van der Waals surface area contributed by atoms with Gasteiger partial charge in [-0.15, -0.1) is 0 Å². The molecule has 0 rings (SSSR count). The van der Waals surface area contributed by atoms with Crippen molar-refractivity contribution in [1.29, 1.82) is 0 Å². The van der Waals surface area contributed by atoms with Crippen LogP contribution in [0.25, 0.3) is 0 Å². The summed E-state index contributed by atoms with van der Waals surface area (Å²) >= 11 is -0.188. The molecule has 0 N–H and O–H groups in total. The van der Waals surface area contributed by atoms with Gasteiger partial charge in [0.25, 0.3) is 0 Å². The molecule has 2 heteroatoms. The van der Waals surface area contributed by atoms with Gasteiger partial charge in [0.2, 0.25) is 0 Å². The monoisotopic (exact) mass is 154 g/mol. The minimum absolute atomic E-state index is 0. The van der Waals surface area contributed by atoms with Gasteiger partial charge in [0.15, 0.2) is 0 Å². The Morgan fingerprint density at radius 1 is 1.00 bits per heavy atom. The zero-order valence-electron chi connectivity index (χ0n) is 3.95. The summed E-state index contributed by atoms with van der Waals surface area (Å²) in [6, 6.07) is 0. The van der Waals surface area contributed by atoms with Gasteiger partial charge in [-0.1, -0.05) is 0 Å². The second-order valence-electron chi connectivity index (χ2n) is 1.34. The second kappa shape index (κ2) is 4.91. The molecule has 0 aliphatic rings. The fourth-order valence-corrected chi connectivity index (χ4v) is 0. The Morgan fingerprint density at radius 3 is 1.00 bits per heavy atom. The number of hydrogen-bond donors (Lipinski definition) is 0. The van der Waals surface area contributed by atoms with Crippen molar-refractivity contribution in [3.05, 3.63) is 0 Å². The molecule has 0 unspecified atom stereocenters. The van der Waals surface area contributed by atoms with Gasteiger partial charge < -0.3 is 0 Å². The quantitative estimate of drug-likeness (QED) is 0.463. The molecule has 0 bridgehead atoms. The van der Waals surface area contributed by atoms with Gasteiger partial charge >= 0.3 is 31.8 Å². The van der Waals surface area contributed by atoms with Gasteiger partial charge in [0, 0.05) is 0 Å². The topological polar surface area (TPSA) is 0 Å². The molecule has 0 spiro atoms. The van der Waals surface area contributed by atoms with Crippen LogP contribution in [-0.4, -0.2) is 14.7 Å². The van der Waals surface area contributed by atoms with E-state index in [0.29, 0.717) is 0 Å². The van der Waals surface area contributed by atoms with Crippen LogP contribution in [-0.2, 0) is 0 Å². The SMILES string of the molecule is C[As](C)C.S. The maximum Gasteiger partial charge on any atom is -0.197 e. The molecule has 0 aromatic carbocycles. The first kappa shape index (κ1) is 9.32. The van der Waals surface area contributed by atoms with Crippen LogP contribution in [0.15, 0.2) is 0 Å². The molecule has 0 fully saturated rings. The van der Waals surface area contributed by atoms with E-state index in [-0.39, 0.29) is 28.1 Å². The van der Waals surface area contributed by atoms with Crippen molar-refractivity contribution in [3.8, 4) is 0 Å². The summed E-state index contributed by atoms with van der Waals surface area (Å²) in [6.45, 7) is 0. The van der Waals surface area contributed by atoms with Crippen LogP contribution in [0.5, 0.6) is 0 Å². The van der Waals surface area contributed by atoms with Crippen LogP contribution < -0.4 is 0 Å². The van der Waals surface area contributed by atoms with E-state index in [2.05, 4.69) is 17.1 Å². The van der Waals surface area contributed by atoms with E-state index in [1.54, 1.807) is 0 Å². The Kier molecular flexibility index (Phi) is 9.15. The molecule has 0 aromatic heterocycles. The van der Waals surface area contributed by atoms with Crippen LogP contribution in [0.3, 0.4) is 0 Å². The molecule has 5 heavy (non-hydrogen) atoms. The van der Waals surface area contributed by atoms with E-state index in [0.717, 1.165) is 0 Å². The van der Waals surface area contributed by atoms with E-state index in [9.17, 15) is 0 Å². The molecule has 34 valence electrons. The van der Waals surface area contributed by atoms with Crippen LogP contribution in [0.4, 0.5) is 0 Å². The molecule has 0 amide bonds. The molecule has 0 saturated carbocycles. The summed E-state index contributed by atoms with van der Waals surface area (Å²) in [5.41, 5.74) is 6.94. The maximum atomic E-state index is 2.31. The van der Waals surface area contributed by atoms with Crippen LogP contribution in [0, 0.1) is 0 Å². The third kappa shape index (κ3) is 50.3. The molecule has 0 saturated heterocycles. The van der Waals surface area contributed by atoms with Crippen molar-refractivity contribution in [1.82, 2.24) is 0 Å². The van der Waals surface area contributed by atoms with Crippen LogP contribution >= 0.6 is 13.5 Å². The molecule has 0 aliphatic heterocycles. The summed E-state index contributed by atoms with van der Waals surface area (Å²) in [7, 11) is 0. The van der Waals surface area contributed by atoms with Gasteiger partial charge in [-0.25, -0.2) is 0 Å². The van der Waals surface area contributed by atoms with Gasteiger partial charge in [-0.2, -0.15) is 13.5 Å². The number of rotatable bonds is 0. The Bertz CT molecular complexity index is 11.6. The molecular formula is C3H11AsS. The minimum atomic E-state index is -0.188. The van der Waals surface area contributed by atoms with E-state index in [1.165, 1.54) is 0 Å². The predicted molar refractivity (Wildman–Crippen MR) is 33.7 cm³/mol. The van der Waals surface area contributed by atoms with E-state index in [1.807, 2.05) is 0 Å². The molecule has 0 nitrogen and oxygen atoms in total. The summed E-state index contributed by atoms with van der Waals surface area (Å²) in [5, 5.41) is 0. The third-order valence-corrected chi connectivity index (χ3v) is 0. The largest absolute Gasteiger partial charge is 0.197 e. The average Bonchev–Trinajstić information content (AvgIpc) is 0.811. The molecule has 0 aliphatic carbocycles. The summed E-state index contributed by atoms with van der Waals surface area (Å²) in [4.78, 5) is 0. The van der Waals surface area contributed by atoms with E-state index in [4.69, 9.17) is 0 Å². The molecular weight excluding hydrogens is 143 g/mol. The van der Waals surface area contributed by atoms with Gasteiger partial charge in [0.05, 0.1) is 0 Å². The van der Waals surface area contributed by atoms with Crippen molar-refractivity contribution in [3.63, 3.8) is 0 Å². The molecule has 0 atom stereocenters. The van der Waals surface area contributed by atoms with Gasteiger partial charge in [0.1, 0.15) is 0 Å². The maximum absolute atomic E-state index is 2.31. The van der Waals surface area contributed by atoms with Crippen molar-refractivity contribution in [2.24, 2.45) is 0 Å². The van der Waals surface area contributed by atoms with Crippen LogP contribution in [0.2, 0.25) is 17.1 Å². The smallest absolute Gasteiger partial charge is 0.197 e. The van der Waals surface area contributed by atoms with Gasteiger partial charge in [-0.05, 0) is 0 Å². The normalized spacial score (nSPS) is 7.20. The first-order chi connectivity index (χ1) is 1.73. The van der Waals surface area contributed by atoms with Crippen molar-refractivity contribution in [2.75, 3.05) is 0 Å². The zero-order valence-corrected chi connectivity index (χ0v) is 6.82. The minimum Gasteiger partial charge on any atom is -0.197 e. The van der Waals surface area contributed by atoms with Crippen molar-refractivity contribution in [2.45, 2.75) is 17.1 Å². The predicted octanol–water partition coefficient (Wildman–Crippen LogP) is 1.48. The van der Waals surface area contributed by atoms with Crippen molar-refractivity contribution < 1.29 is 0 Å². The Hall–Kier alpha value is 0.908. The number of hydrogen-bond acceptors (Lipinski definition) is 0. The van der Waals surface area contributed by atoms with Crippen molar-refractivity contribution >= 4 is 28.1 Å². The third-order valence-electron chi connectivity index (χ3n) is 0. The Labute approximate surface area is 45.7 Å². The fourth-order valence-electron chi connectivity index (χ4n) is 0. The molecule has 0 heterocycles. The Balaban J connectivity index is 0. The fraction of sp³-hybridized carbons (Fsp3) is 1.00. The van der Waals surface area contributed by atoms with E-state index < -0.39 is 0 Å². The summed E-state index contributed by atoms with van der Waals surface area (Å²) in [6.07, 6.45) is 0.